The summed E-state index contributed by atoms with van der Waals surface area (Å²) in [5.41, 5.74) is 0.775. The van der Waals surface area contributed by atoms with E-state index in [4.69, 9.17) is 9.47 Å². The number of methoxy groups -OCH3 is 1. The molecule has 2 fully saturated rings. The molecule has 2 aromatic carbocycles. The maximum Gasteiger partial charge on any atom is 0.243 e. The van der Waals surface area contributed by atoms with Crippen molar-refractivity contribution in [2.45, 2.75) is 62.8 Å². The van der Waals surface area contributed by atoms with Crippen LogP contribution in [0.2, 0.25) is 0 Å². The first kappa shape index (κ1) is 26.3. The highest BCUT2D eigenvalue weighted by atomic mass is 16.6. The van der Waals surface area contributed by atoms with Crippen molar-refractivity contribution in [1.29, 1.82) is 0 Å². The van der Waals surface area contributed by atoms with E-state index in [-0.39, 0.29) is 18.1 Å². The Balaban J connectivity index is 1.53. The molecule has 2 heterocycles. The monoisotopic (exact) mass is 507 g/mol. The van der Waals surface area contributed by atoms with Crippen LogP contribution in [0.15, 0.2) is 54.6 Å². The molecule has 0 aromatic heterocycles. The number of carbonyl (C=O) groups excluding carboxylic acids is 4. The summed E-state index contributed by atoms with van der Waals surface area (Å²) in [5, 5.41) is 8.37. The predicted molar refractivity (Wildman–Crippen MR) is 136 cm³/mol. The van der Waals surface area contributed by atoms with Gasteiger partial charge in [-0.15, -0.1) is 0 Å². The summed E-state index contributed by atoms with van der Waals surface area (Å²) in [5.74, 6) is -0.632. The second-order valence-corrected chi connectivity index (χ2v) is 9.76. The van der Waals surface area contributed by atoms with Crippen molar-refractivity contribution in [3.05, 3.63) is 65.7 Å². The number of epoxide rings is 1. The Morgan fingerprint density at radius 1 is 1.03 bits per heavy atom. The molecule has 0 radical (unpaired) electrons. The topological polar surface area (TPSA) is 126 Å². The Labute approximate surface area is 216 Å². The van der Waals surface area contributed by atoms with E-state index in [0.29, 0.717) is 38.0 Å². The molecule has 0 saturated carbocycles. The molecule has 2 aromatic rings. The number of hydrogen-bond donors (Lipinski definition) is 3. The van der Waals surface area contributed by atoms with Crippen LogP contribution < -0.4 is 20.7 Å². The van der Waals surface area contributed by atoms with Gasteiger partial charge in [-0.25, -0.2) is 0 Å². The molecule has 3 amide bonds. The number of ketones is 1. The van der Waals surface area contributed by atoms with E-state index in [1.807, 2.05) is 42.5 Å². The molecule has 9 nitrogen and oxygen atoms in total. The molecule has 3 N–H and O–H groups in total. The number of ether oxygens (including phenoxy) is 2. The van der Waals surface area contributed by atoms with Gasteiger partial charge < -0.3 is 25.4 Å². The van der Waals surface area contributed by atoms with Crippen LogP contribution >= 0.6 is 0 Å². The van der Waals surface area contributed by atoms with Crippen LogP contribution in [0.5, 0.6) is 5.75 Å². The third-order valence-corrected chi connectivity index (χ3v) is 6.79. The van der Waals surface area contributed by atoms with Gasteiger partial charge in [-0.05, 0) is 49.4 Å². The molecule has 9 heteroatoms. The van der Waals surface area contributed by atoms with Crippen molar-refractivity contribution in [2.75, 3.05) is 13.7 Å². The van der Waals surface area contributed by atoms with Crippen molar-refractivity contribution in [3.63, 3.8) is 0 Å². The second kappa shape index (κ2) is 11.6. The van der Waals surface area contributed by atoms with E-state index in [9.17, 15) is 19.2 Å². The summed E-state index contributed by atoms with van der Waals surface area (Å²) in [4.78, 5) is 51.6. The maximum atomic E-state index is 13.6. The highest BCUT2D eigenvalue weighted by Crippen LogP contribution is 2.29. The minimum atomic E-state index is -0.960. The molecule has 2 aliphatic heterocycles. The lowest BCUT2D eigenvalue weighted by Gasteiger charge is -2.27. The van der Waals surface area contributed by atoms with Gasteiger partial charge in [0.2, 0.25) is 17.7 Å². The van der Waals surface area contributed by atoms with Gasteiger partial charge in [-0.2, -0.15) is 0 Å². The van der Waals surface area contributed by atoms with Crippen LogP contribution in [0, 0.1) is 0 Å². The molecule has 0 unspecified atom stereocenters. The molecule has 2 saturated heterocycles. The Morgan fingerprint density at radius 2 is 1.68 bits per heavy atom. The molecule has 2 aliphatic rings. The second-order valence-electron chi connectivity index (χ2n) is 9.76. The van der Waals surface area contributed by atoms with Crippen LogP contribution in [0.1, 0.15) is 37.3 Å². The molecular formula is C28H33N3O6. The lowest BCUT2D eigenvalue weighted by Crippen LogP contribution is -2.58. The normalized spacial score (nSPS) is 22.2. The largest absolute Gasteiger partial charge is 0.497 e. The zero-order chi connectivity index (χ0) is 26.4. The SMILES string of the molecule is COc1ccc(C[C@H](NC(=O)[C@H]2CCCC(=O)N2)C(=O)N[C@@H](Cc2ccccc2)C(=O)[C@]2(C)CO2)cc1. The smallest absolute Gasteiger partial charge is 0.243 e. The van der Waals surface area contributed by atoms with Gasteiger partial charge in [-0.3, -0.25) is 19.2 Å². The minimum absolute atomic E-state index is 0.186. The molecule has 4 rings (SSSR count). The van der Waals surface area contributed by atoms with Gasteiger partial charge in [0.15, 0.2) is 5.78 Å². The summed E-state index contributed by atoms with van der Waals surface area (Å²) in [6, 6.07) is 14.1. The van der Waals surface area contributed by atoms with Crippen molar-refractivity contribution in [3.8, 4) is 5.75 Å². The zero-order valence-corrected chi connectivity index (χ0v) is 21.1. The molecule has 196 valence electrons. The van der Waals surface area contributed by atoms with E-state index in [2.05, 4.69) is 16.0 Å². The highest BCUT2D eigenvalue weighted by molar-refractivity contribution is 5.98. The first-order chi connectivity index (χ1) is 17.8. The fourth-order valence-corrected chi connectivity index (χ4v) is 4.43. The zero-order valence-electron chi connectivity index (χ0n) is 21.1. The van der Waals surface area contributed by atoms with Crippen molar-refractivity contribution in [2.24, 2.45) is 0 Å². The Hall–Kier alpha value is -3.72. The van der Waals surface area contributed by atoms with Crippen molar-refractivity contribution >= 4 is 23.5 Å². The molecule has 0 spiro atoms. The number of Topliss-reactive ketones (excluding diaryl/α,β-unsaturated/α-hetero) is 1. The fourth-order valence-electron chi connectivity index (χ4n) is 4.43. The Kier molecular flexibility index (Phi) is 8.23. The van der Waals surface area contributed by atoms with Gasteiger partial charge >= 0.3 is 0 Å². The average Bonchev–Trinajstić information content (AvgIpc) is 3.66. The van der Waals surface area contributed by atoms with Crippen LogP contribution in [0.25, 0.3) is 0 Å². The molecular weight excluding hydrogens is 474 g/mol. The van der Waals surface area contributed by atoms with Crippen LogP contribution in [-0.2, 0) is 36.8 Å². The number of hydrogen-bond acceptors (Lipinski definition) is 6. The van der Waals surface area contributed by atoms with Gasteiger partial charge in [0.1, 0.15) is 23.4 Å². The molecule has 4 atom stereocenters. The van der Waals surface area contributed by atoms with Gasteiger partial charge in [0.25, 0.3) is 0 Å². The Bertz CT molecular complexity index is 1130. The number of amides is 3. The lowest BCUT2D eigenvalue weighted by molar-refractivity contribution is -0.135. The summed E-state index contributed by atoms with van der Waals surface area (Å²) in [6.07, 6.45) is 1.98. The predicted octanol–water partition coefficient (Wildman–Crippen LogP) is 1.48. The third-order valence-electron chi connectivity index (χ3n) is 6.79. The van der Waals surface area contributed by atoms with Gasteiger partial charge in [0, 0.05) is 12.8 Å². The van der Waals surface area contributed by atoms with Crippen LogP contribution in [0.4, 0.5) is 0 Å². The van der Waals surface area contributed by atoms with Crippen LogP contribution in [0.3, 0.4) is 0 Å². The van der Waals surface area contributed by atoms with Gasteiger partial charge in [0.05, 0.1) is 19.8 Å². The quantitative estimate of drug-likeness (QED) is 0.396. The first-order valence-corrected chi connectivity index (χ1v) is 12.5. The number of rotatable bonds is 11. The highest BCUT2D eigenvalue weighted by Gasteiger charge is 2.50. The van der Waals surface area contributed by atoms with Gasteiger partial charge in [-0.1, -0.05) is 42.5 Å². The van der Waals surface area contributed by atoms with E-state index in [0.717, 1.165) is 11.1 Å². The molecule has 37 heavy (non-hydrogen) atoms. The number of nitrogens with one attached hydrogen (secondary N) is 3. The van der Waals surface area contributed by atoms with E-state index < -0.39 is 35.5 Å². The minimum Gasteiger partial charge on any atom is -0.497 e. The summed E-state index contributed by atoms with van der Waals surface area (Å²) in [7, 11) is 1.57. The van der Waals surface area contributed by atoms with Crippen molar-refractivity contribution < 1.29 is 28.7 Å². The summed E-state index contributed by atoms with van der Waals surface area (Å²) in [6.45, 7) is 2.02. The fraction of sp³-hybridized carbons (Fsp3) is 0.429. The average molecular weight is 508 g/mol. The lowest BCUT2D eigenvalue weighted by atomic mass is 9.94. The third kappa shape index (κ3) is 6.95. The number of carbonyl (C=O) groups is 4. The summed E-state index contributed by atoms with van der Waals surface area (Å²) < 4.78 is 10.6. The standard InChI is InChI=1S/C28H33N3O6/c1-28(17-37-28)25(33)22(15-18-7-4-3-5-8-18)30-27(35)23(16-19-11-13-20(36-2)14-12-19)31-26(34)21-9-6-10-24(32)29-21/h3-5,7-8,11-14,21-23H,6,9-10,15-17H2,1-2H3,(H,29,32)(H,30,35)(H,31,34)/t21-,22+,23+,28+/m1/s1. The molecule has 0 bridgehead atoms. The van der Waals surface area contributed by atoms with Crippen LogP contribution in [-0.4, -0.2) is 60.9 Å². The van der Waals surface area contributed by atoms with Crippen molar-refractivity contribution in [1.82, 2.24) is 16.0 Å². The number of piperidine rings is 1. The van der Waals surface area contributed by atoms with E-state index in [1.165, 1.54) is 0 Å². The molecule has 0 aliphatic carbocycles. The Morgan fingerprint density at radius 3 is 2.30 bits per heavy atom. The maximum absolute atomic E-state index is 13.6. The van der Waals surface area contributed by atoms with E-state index >= 15 is 0 Å². The van der Waals surface area contributed by atoms with E-state index in [1.54, 1.807) is 26.2 Å². The first-order valence-electron chi connectivity index (χ1n) is 12.5. The summed E-state index contributed by atoms with van der Waals surface area (Å²) >= 11 is 0. The number of benzene rings is 2.